The summed E-state index contributed by atoms with van der Waals surface area (Å²) in [6.45, 7) is 3.14. The molecular formula is C16H22ClNO. The van der Waals surface area contributed by atoms with Gasteiger partial charge < -0.3 is 10.1 Å². The summed E-state index contributed by atoms with van der Waals surface area (Å²) in [7, 11) is 0. The molecule has 1 aromatic carbocycles. The van der Waals surface area contributed by atoms with Crippen molar-refractivity contribution in [2.24, 2.45) is 5.92 Å². The Morgan fingerprint density at radius 2 is 2.11 bits per heavy atom. The van der Waals surface area contributed by atoms with Gasteiger partial charge in [-0.2, -0.15) is 0 Å². The highest BCUT2D eigenvalue weighted by molar-refractivity contribution is 6.30. The molecule has 1 aromatic rings. The van der Waals surface area contributed by atoms with E-state index < -0.39 is 0 Å². The Labute approximate surface area is 120 Å². The van der Waals surface area contributed by atoms with E-state index in [0.29, 0.717) is 12.1 Å². The molecule has 0 aromatic heterocycles. The molecule has 19 heavy (non-hydrogen) atoms. The Hall–Kier alpha value is -0.730. The number of rotatable bonds is 3. The van der Waals surface area contributed by atoms with Crippen molar-refractivity contribution < 1.29 is 4.74 Å². The molecule has 1 aliphatic heterocycles. The topological polar surface area (TPSA) is 21.3 Å². The molecule has 0 bridgehead atoms. The third-order valence-electron chi connectivity index (χ3n) is 4.47. The maximum absolute atomic E-state index is 6.25. The predicted octanol–water partition coefficient (Wildman–Crippen LogP) is 4.33. The van der Waals surface area contributed by atoms with Gasteiger partial charge in [0.25, 0.3) is 0 Å². The summed E-state index contributed by atoms with van der Waals surface area (Å²) in [6.07, 6.45) is 6.83. The van der Waals surface area contributed by atoms with Gasteiger partial charge in [-0.3, -0.25) is 0 Å². The van der Waals surface area contributed by atoms with Crippen LogP contribution in [0.3, 0.4) is 0 Å². The fraction of sp³-hybridized carbons (Fsp3) is 0.625. The van der Waals surface area contributed by atoms with Gasteiger partial charge in [0.2, 0.25) is 0 Å². The zero-order valence-corrected chi connectivity index (χ0v) is 12.2. The lowest BCUT2D eigenvalue weighted by atomic mass is 9.89. The highest BCUT2D eigenvalue weighted by atomic mass is 35.5. The summed E-state index contributed by atoms with van der Waals surface area (Å²) < 4.78 is 6.25. The molecule has 1 N–H and O–H groups in total. The number of hydrogen-bond donors (Lipinski definition) is 1. The first-order valence-electron chi connectivity index (χ1n) is 7.47. The summed E-state index contributed by atoms with van der Waals surface area (Å²) in [6, 6.07) is 6.40. The van der Waals surface area contributed by atoms with Gasteiger partial charge in [-0.15, -0.1) is 0 Å². The van der Waals surface area contributed by atoms with Gasteiger partial charge in [-0.25, -0.2) is 0 Å². The molecule has 104 valence electrons. The van der Waals surface area contributed by atoms with Crippen LogP contribution in [0.4, 0.5) is 0 Å². The van der Waals surface area contributed by atoms with Crippen LogP contribution < -0.4 is 10.1 Å². The Bertz CT molecular complexity index is 442. The number of hydrogen-bond acceptors (Lipinski definition) is 2. The van der Waals surface area contributed by atoms with Crippen molar-refractivity contribution >= 4 is 11.6 Å². The van der Waals surface area contributed by atoms with E-state index in [2.05, 4.69) is 18.3 Å². The van der Waals surface area contributed by atoms with Crippen molar-refractivity contribution in [3.05, 3.63) is 28.8 Å². The molecule has 0 amide bonds. The molecule has 0 saturated heterocycles. The van der Waals surface area contributed by atoms with Crippen LogP contribution >= 0.6 is 11.6 Å². The normalized spacial score (nSPS) is 27.1. The molecule has 1 saturated carbocycles. The van der Waals surface area contributed by atoms with E-state index in [1.165, 1.54) is 31.2 Å². The van der Waals surface area contributed by atoms with Crippen LogP contribution in [-0.4, -0.2) is 12.6 Å². The number of benzene rings is 1. The Morgan fingerprint density at radius 3 is 2.84 bits per heavy atom. The summed E-state index contributed by atoms with van der Waals surface area (Å²) in [5.41, 5.74) is 1.23. The molecule has 1 fully saturated rings. The van der Waals surface area contributed by atoms with Gasteiger partial charge >= 0.3 is 0 Å². The third-order valence-corrected chi connectivity index (χ3v) is 4.70. The maximum atomic E-state index is 6.25. The van der Waals surface area contributed by atoms with Crippen molar-refractivity contribution in [2.45, 2.75) is 51.2 Å². The SMILES string of the molecule is CCNC1CC(C2CCCC2)Oc2ccc(Cl)cc21. The van der Waals surface area contributed by atoms with Crippen LogP contribution in [-0.2, 0) is 0 Å². The molecule has 0 spiro atoms. The molecule has 2 unspecified atom stereocenters. The standard InChI is InChI=1S/C16H22ClNO/c1-2-18-14-10-16(11-5-3-4-6-11)19-15-8-7-12(17)9-13(14)15/h7-9,11,14,16,18H,2-6,10H2,1H3. The van der Waals surface area contributed by atoms with Gasteiger partial charge in [0.05, 0.1) is 0 Å². The minimum Gasteiger partial charge on any atom is -0.490 e. The first kappa shape index (κ1) is 13.3. The Kier molecular flexibility index (Phi) is 3.99. The lowest BCUT2D eigenvalue weighted by molar-refractivity contribution is 0.0951. The second-order valence-electron chi connectivity index (χ2n) is 5.73. The predicted molar refractivity (Wildman–Crippen MR) is 78.9 cm³/mol. The Balaban J connectivity index is 1.85. The van der Waals surface area contributed by atoms with Gasteiger partial charge in [-0.1, -0.05) is 31.4 Å². The quantitative estimate of drug-likeness (QED) is 0.889. The fourth-order valence-electron chi connectivity index (χ4n) is 3.53. The van der Waals surface area contributed by atoms with E-state index in [1.807, 2.05) is 12.1 Å². The molecule has 1 aliphatic carbocycles. The van der Waals surface area contributed by atoms with Crippen molar-refractivity contribution in [2.75, 3.05) is 6.54 Å². The van der Waals surface area contributed by atoms with E-state index in [-0.39, 0.29) is 0 Å². The minimum atomic E-state index is 0.375. The van der Waals surface area contributed by atoms with Crippen molar-refractivity contribution in [1.29, 1.82) is 0 Å². The second kappa shape index (κ2) is 5.72. The van der Waals surface area contributed by atoms with Gasteiger partial charge in [0.1, 0.15) is 11.9 Å². The van der Waals surface area contributed by atoms with Crippen molar-refractivity contribution in [3.63, 3.8) is 0 Å². The summed E-state index contributed by atoms with van der Waals surface area (Å²) >= 11 is 6.12. The summed E-state index contributed by atoms with van der Waals surface area (Å²) in [5, 5.41) is 4.38. The Morgan fingerprint density at radius 1 is 1.32 bits per heavy atom. The van der Waals surface area contributed by atoms with Gasteiger partial charge in [0.15, 0.2) is 0 Å². The monoisotopic (exact) mass is 279 g/mol. The van der Waals surface area contributed by atoms with E-state index in [0.717, 1.165) is 29.7 Å². The van der Waals surface area contributed by atoms with Crippen molar-refractivity contribution in [3.8, 4) is 5.75 Å². The average molecular weight is 280 g/mol. The number of fused-ring (bicyclic) bond motifs is 1. The molecule has 2 aliphatic rings. The van der Waals surface area contributed by atoms with Crippen LogP contribution in [0.25, 0.3) is 0 Å². The zero-order chi connectivity index (χ0) is 13.2. The lowest BCUT2D eigenvalue weighted by Crippen LogP contribution is -2.36. The maximum Gasteiger partial charge on any atom is 0.124 e. The average Bonchev–Trinajstić information content (AvgIpc) is 2.93. The zero-order valence-electron chi connectivity index (χ0n) is 11.5. The van der Waals surface area contributed by atoms with Crippen LogP contribution in [0.1, 0.15) is 50.6 Å². The van der Waals surface area contributed by atoms with Crippen LogP contribution in [0.15, 0.2) is 18.2 Å². The molecule has 2 nitrogen and oxygen atoms in total. The lowest BCUT2D eigenvalue weighted by Gasteiger charge is -2.35. The van der Waals surface area contributed by atoms with Gasteiger partial charge in [0, 0.05) is 23.0 Å². The molecule has 0 radical (unpaired) electrons. The molecular weight excluding hydrogens is 258 g/mol. The number of ether oxygens (including phenoxy) is 1. The summed E-state index contributed by atoms with van der Waals surface area (Å²) in [4.78, 5) is 0. The fourth-order valence-corrected chi connectivity index (χ4v) is 3.71. The molecule has 3 heteroatoms. The minimum absolute atomic E-state index is 0.375. The summed E-state index contributed by atoms with van der Waals surface area (Å²) in [5.74, 6) is 1.77. The van der Waals surface area contributed by atoms with Crippen LogP contribution in [0.2, 0.25) is 5.02 Å². The molecule has 1 heterocycles. The largest absolute Gasteiger partial charge is 0.490 e. The van der Waals surface area contributed by atoms with E-state index >= 15 is 0 Å². The molecule has 2 atom stereocenters. The highest BCUT2D eigenvalue weighted by Crippen LogP contribution is 2.41. The first-order valence-corrected chi connectivity index (χ1v) is 7.85. The van der Waals surface area contributed by atoms with Gasteiger partial charge in [-0.05, 0) is 43.5 Å². The number of nitrogens with one attached hydrogen (secondary N) is 1. The smallest absolute Gasteiger partial charge is 0.124 e. The second-order valence-corrected chi connectivity index (χ2v) is 6.17. The highest BCUT2D eigenvalue weighted by Gasteiger charge is 2.34. The third kappa shape index (κ3) is 2.75. The van der Waals surface area contributed by atoms with Crippen molar-refractivity contribution in [1.82, 2.24) is 5.32 Å². The van der Waals surface area contributed by atoms with Crippen LogP contribution in [0, 0.1) is 5.92 Å². The van der Waals surface area contributed by atoms with E-state index in [9.17, 15) is 0 Å². The molecule has 3 rings (SSSR count). The van der Waals surface area contributed by atoms with E-state index in [1.54, 1.807) is 0 Å². The van der Waals surface area contributed by atoms with E-state index in [4.69, 9.17) is 16.3 Å². The number of halogens is 1. The van der Waals surface area contributed by atoms with Crippen LogP contribution in [0.5, 0.6) is 5.75 Å². The first-order chi connectivity index (χ1) is 9.28.